The van der Waals surface area contributed by atoms with E-state index in [-0.39, 0.29) is 15.7 Å². The first kappa shape index (κ1) is 14.4. The quantitative estimate of drug-likeness (QED) is 0.669. The largest absolute Gasteiger partial charge is 0.480 e. The molecule has 2 rings (SSSR count). The summed E-state index contributed by atoms with van der Waals surface area (Å²) in [6, 6.07) is 2.97. The highest BCUT2D eigenvalue weighted by atomic mass is 79.9. The van der Waals surface area contributed by atoms with Crippen LogP contribution in [0, 0.1) is 10.1 Å². The average molecular weight is 343 g/mol. The molecule has 0 saturated carbocycles. The van der Waals surface area contributed by atoms with Crippen LogP contribution < -0.4 is 0 Å². The molecule has 1 amide bonds. The van der Waals surface area contributed by atoms with Gasteiger partial charge in [0.2, 0.25) is 0 Å². The van der Waals surface area contributed by atoms with Gasteiger partial charge in [0.1, 0.15) is 6.04 Å². The van der Waals surface area contributed by atoms with Gasteiger partial charge < -0.3 is 10.0 Å². The van der Waals surface area contributed by atoms with Crippen molar-refractivity contribution in [3.63, 3.8) is 0 Å². The number of halogens is 1. The number of carbonyl (C=O) groups excluding carboxylic acids is 1. The lowest BCUT2D eigenvalue weighted by atomic mass is 10.1. The number of carbonyl (C=O) groups is 2. The summed E-state index contributed by atoms with van der Waals surface area (Å²) >= 11 is 3.12. The molecule has 1 aliphatic heterocycles. The minimum Gasteiger partial charge on any atom is -0.480 e. The number of non-ortho nitro benzene ring substituents is 1. The Kier molecular flexibility index (Phi) is 4.03. The molecule has 106 valence electrons. The number of rotatable bonds is 3. The normalized spacial score (nSPS) is 18.1. The van der Waals surface area contributed by atoms with Crippen molar-refractivity contribution in [1.29, 1.82) is 0 Å². The van der Waals surface area contributed by atoms with Gasteiger partial charge in [0.25, 0.3) is 11.6 Å². The van der Waals surface area contributed by atoms with Crippen molar-refractivity contribution in [2.75, 3.05) is 6.54 Å². The van der Waals surface area contributed by atoms with E-state index in [2.05, 4.69) is 15.9 Å². The summed E-state index contributed by atoms with van der Waals surface area (Å²) in [4.78, 5) is 34.8. The van der Waals surface area contributed by atoms with E-state index in [1.165, 1.54) is 23.1 Å². The Morgan fingerprint density at radius 2 is 2.15 bits per heavy atom. The maximum absolute atomic E-state index is 12.3. The number of aliphatic carboxylic acids is 1. The standard InChI is InChI=1S/C12H11BrN2O5/c13-9-6-7(15(19)20)3-4-8(9)11(16)14-5-1-2-10(14)12(17)18/h3-4,6,10H,1-2,5H2,(H,17,18)/t10-/m0/s1. The first-order valence-electron chi connectivity index (χ1n) is 5.89. The molecule has 1 aromatic rings. The third-order valence-electron chi connectivity index (χ3n) is 3.19. The number of likely N-dealkylation sites (tertiary alicyclic amines) is 1. The van der Waals surface area contributed by atoms with Crippen molar-refractivity contribution in [2.45, 2.75) is 18.9 Å². The molecule has 20 heavy (non-hydrogen) atoms. The number of amides is 1. The summed E-state index contributed by atoms with van der Waals surface area (Å²) < 4.78 is 0.285. The Hall–Kier alpha value is -1.96. The van der Waals surface area contributed by atoms with Crippen molar-refractivity contribution in [2.24, 2.45) is 0 Å². The van der Waals surface area contributed by atoms with Crippen LogP contribution in [0.3, 0.4) is 0 Å². The predicted molar refractivity (Wildman–Crippen MR) is 72.5 cm³/mol. The molecule has 0 aliphatic carbocycles. The molecule has 1 atom stereocenters. The second-order valence-corrected chi connectivity index (χ2v) is 5.27. The van der Waals surface area contributed by atoms with Crippen LogP contribution in [0.5, 0.6) is 0 Å². The molecule has 0 spiro atoms. The Bertz CT molecular complexity index is 589. The number of carboxylic acid groups (broad SMARTS) is 1. The molecule has 1 aromatic carbocycles. The van der Waals surface area contributed by atoms with Gasteiger partial charge in [-0.1, -0.05) is 0 Å². The Morgan fingerprint density at radius 1 is 1.45 bits per heavy atom. The number of carboxylic acids is 1. The van der Waals surface area contributed by atoms with Gasteiger partial charge in [-0.15, -0.1) is 0 Å². The number of nitrogens with zero attached hydrogens (tertiary/aromatic N) is 2. The van der Waals surface area contributed by atoms with E-state index in [0.29, 0.717) is 19.4 Å². The fourth-order valence-corrected chi connectivity index (χ4v) is 2.75. The van der Waals surface area contributed by atoms with E-state index in [4.69, 9.17) is 5.11 Å². The van der Waals surface area contributed by atoms with E-state index >= 15 is 0 Å². The van der Waals surface area contributed by atoms with Gasteiger partial charge in [-0.25, -0.2) is 4.79 Å². The minimum atomic E-state index is -1.03. The molecule has 0 unspecified atom stereocenters. The monoisotopic (exact) mass is 342 g/mol. The zero-order chi connectivity index (χ0) is 14.9. The van der Waals surface area contributed by atoms with Gasteiger partial charge in [0.15, 0.2) is 0 Å². The third kappa shape index (κ3) is 2.64. The number of benzene rings is 1. The molecule has 1 fully saturated rings. The fraction of sp³-hybridized carbons (Fsp3) is 0.333. The van der Waals surface area contributed by atoms with Gasteiger partial charge >= 0.3 is 5.97 Å². The lowest BCUT2D eigenvalue weighted by molar-refractivity contribution is -0.384. The van der Waals surface area contributed by atoms with Crippen LogP contribution in [0.25, 0.3) is 0 Å². The molecule has 1 N–H and O–H groups in total. The maximum atomic E-state index is 12.3. The second-order valence-electron chi connectivity index (χ2n) is 4.42. The summed E-state index contributed by atoms with van der Waals surface area (Å²) in [6.45, 7) is 0.374. The summed E-state index contributed by atoms with van der Waals surface area (Å²) in [5, 5.41) is 19.7. The number of hydrogen-bond acceptors (Lipinski definition) is 4. The van der Waals surface area contributed by atoms with Crippen LogP contribution in [0.15, 0.2) is 22.7 Å². The highest BCUT2D eigenvalue weighted by Crippen LogP contribution is 2.27. The zero-order valence-corrected chi connectivity index (χ0v) is 11.9. The lowest BCUT2D eigenvalue weighted by Crippen LogP contribution is -2.40. The predicted octanol–water partition coefficient (Wildman–Crippen LogP) is 2.05. The first-order valence-corrected chi connectivity index (χ1v) is 6.69. The van der Waals surface area contributed by atoms with E-state index in [1.54, 1.807) is 0 Å². The van der Waals surface area contributed by atoms with Crippen LogP contribution >= 0.6 is 15.9 Å². The number of nitro benzene ring substituents is 1. The van der Waals surface area contributed by atoms with Crippen molar-refractivity contribution in [3.05, 3.63) is 38.3 Å². The maximum Gasteiger partial charge on any atom is 0.326 e. The molecule has 0 aromatic heterocycles. The molecular weight excluding hydrogens is 332 g/mol. The van der Waals surface area contributed by atoms with Crippen LogP contribution in [0.2, 0.25) is 0 Å². The van der Waals surface area contributed by atoms with Gasteiger partial charge in [0, 0.05) is 23.2 Å². The van der Waals surface area contributed by atoms with Gasteiger partial charge in [-0.05, 0) is 34.8 Å². The van der Waals surface area contributed by atoms with E-state index in [1.807, 2.05) is 0 Å². The third-order valence-corrected chi connectivity index (χ3v) is 3.85. The van der Waals surface area contributed by atoms with Crippen LogP contribution in [0.1, 0.15) is 23.2 Å². The summed E-state index contributed by atoms with van der Waals surface area (Å²) in [7, 11) is 0. The summed E-state index contributed by atoms with van der Waals surface area (Å²) in [6.07, 6.45) is 1.05. The van der Waals surface area contributed by atoms with Gasteiger partial charge in [0.05, 0.1) is 10.5 Å². The Balaban J connectivity index is 2.29. The van der Waals surface area contributed by atoms with E-state index < -0.39 is 22.8 Å². The highest BCUT2D eigenvalue weighted by molar-refractivity contribution is 9.10. The SMILES string of the molecule is O=C(O)[C@@H]1CCCN1C(=O)c1ccc([N+](=O)[O-])cc1Br. The minimum absolute atomic E-state index is 0.135. The van der Waals surface area contributed by atoms with Crippen LogP contribution in [-0.2, 0) is 4.79 Å². The Labute approximate surface area is 122 Å². The molecule has 0 bridgehead atoms. The summed E-state index contributed by atoms with van der Waals surface area (Å²) in [5.74, 6) is -1.47. The average Bonchev–Trinajstić information content (AvgIpc) is 2.87. The topological polar surface area (TPSA) is 101 Å². The molecule has 1 heterocycles. The van der Waals surface area contributed by atoms with Crippen molar-refractivity contribution in [1.82, 2.24) is 4.90 Å². The van der Waals surface area contributed by atoms with E-state index in [0.717, 1.165) is 0 Å². The Morgan fingerprint density at radius 3 is 2.70 bits per heavy atom. The summed E-state index contributed by atoms with van der Waals surface area (Å²) in [5.41, 5.74) is 0.0911. The molecule has 8 heteroatoms. The molecule has 1 aliphatic rings. The van der Waals surface area contributed by atoms with E-state index in [9.17, 15) is 19.7 Å². The molecule has 0 radical (unpaired) electrons. The number of hydrogen-bond donors (Lipinski definition) is 1. The molecular formula is C12H11BrN2O5. The van der Waals surface area contributed by atoms with Crippen molar-refractivity contribution < 1.29 is 19.6 Å². The first-order chi connectivity index (χ1) is 9.41. The smallest absolute Gasteiger partial charge is 0.326 e. The van der Waals surface area contributed by atoms with Crippen molar-refractivity contribution in [3.8, 4) is 0 Å². The number of nitro groups is 1. The lowest BCUT2D eigenvalue weighted by Gasteiger charge is -2.21. The van der Waals surface area contributed by atoms with Gasteiger partial charge in [-0.3, -0.25) is 14.9 Å². The highest BCUT2D eigenvalue weighted by Gasteiger charge is 2.35. The van der Waals surface area contributed by atoms with Gasteiger partial charge in [-0.2, -0.15) is 0 Å². The molecule has 1 saturated heterocycles. The zero-order valence-electron chi connectivity index (χ0n) is 10.3. The molecule has 7 nitrogen and oxygen atoms in total. The second kappa shape index (κ2) is 5.58. The fourth-order valence-electron chi connectivity index (χ4n) is 2.21. The van der Waals surface area contributed by atoms with Crippen molar-refractivity contribution >= 4 is 33.5 Å². The van der Waals surface area contributed by atoms with Crippen LogP contribution in [-0.4, -0.2) is 39.4 Å². The van der Waals surface area contributed by atoms with Crippen LogP contribution in [0.4, 0.5) is 5.69 Å².